The van der Waals surface area contributed by atoms with Gasteiger partial charge in [0.05, 0.1) is 11.0 Å². The van der Waals surface area contributed by atoms with Crippen LogP contribution in [0.1, 0.15) is 6.92 Å². The maximum absolute atomic E-state index is 13.3. The highest BCUT2D eigenvalue weighted by Crippen LogP contribution is 2.32. The molecule has 0 heterocycles. The summed E-state index contributed by atoms with van der Waals surface area (Å²) in [6, 6.07) is 1.02. The molecule has 9 heteroatoms. The molecule has 1 aromatic carbocycles. The number of anilines is 1. The summed E-state index contributed by atoms with van der Waals surface area (Å²) in [7, 11) is 0. The molecule has 18 heavy (non-hydrogen) atoms. The minimum atomic E-state index is -3.31. The second kappa shape index (κ2) is 5.34. The lowest BCUT2D eigenvalue weighted by Crippen LogP contribution is -2.10. The van der Waals surface area contributed by atoms with Gasteiger partial charge in [-0.15, -0.1) is 0 Å². The minimum Gasteiger partial charge on any atom is -0.431 e. The van der Waals surface area contributed by atoms with Crippen LogP contribution in [0.5, 0.6) is 5.75 Å². The molecule has 0 radical (unpaired) electrons. The van der Waals surface area contributed by atoms with Crippen LogP contribution in [0.2, 0.25) is 0 Å². The highest BCUT2D eigenvalue weighted by molar-refractivity contribution is 5.91. The molecule has 0 fully saturated rings. The number of hydrogen-bond acceptors (Lipinski definition) is 4. The first-order chi connectivity index (χ1) is 8.31. The van der Waals surface area contributed by atoms with E-state index in [9.17, 15) is 28.1 Å². The number of nitro benzene ring substituents is 1. The quantitative estimate of drug-likeness (QED) is 0.668. The van der Waals surface area contributed by atoms with Gasteiger partial charge in [-0.05, 0) is 0 Å². The number of nitrogens with zero attached hydrogens (tertiary/aromatic N) is 1. The lowest BCUT2D eigenvalue weighted by atomic mass is 10.2. The Balaban J connectivity index is 3.25. The molecule has 0 aromatic heterocycles. The van der Waals surface area contributed by atoms with E-state index in [2.05, 4.69) is 4.74 Å². The van der Waals surface area contributed by atoms with E-state index in [4.69, 9.17) is 0 Å². The molecule has 0 saturated heterocycles. The molecule has 0 aliphatic rings. The molecule has 1 N–H and O–H groups in total. The predicted octanol–water partition coefficient (Wildman–Crippen LogP) is 2.29. The first kappa shape index (κ1) is 13.7. The topological polar surface area (TPSA) is 81.5 Å². The summed E-state index contributed by atoms with van der Waals surface area (Å²) >= 11 is 0. The van der Waals surface area contributed by atoms with Gasteiger partial charge >= 0.3 is 6.61 Å². The van der Waals surface area contributed by atoms with Crippen molar-refractivity contribution >= 4 is 17.3 Å². The fourth-order valence-electron chi connectivity index (χ4n) is 1.17. The van der Waals surface area contributed by atoms with Crippen molar-refractivity contribution in [3.63, 3.8) is 0 Å². The van der Waals surface area contributed by atoms with E-state index in [1.54, 1.807) is 0 Å². The van der Waals surface area contributed by atoms with Gasteiger partial charge in [-0.3, -0.25) is 14.9 Å². The molecule has 0 spiro atoms. The number of benzene rings is 1. The lowest BCUT2D eigenvalue weighted by Gasteiger charge is -2.08. The Morgan fingerprint density at radius 1 is 1.50 bits per heavy atom. The first-order valence-electron chi connectivity index (χ1n) is 4.51. The van der Waals surface area contributed by atoms with Gasteiger partial charge in [0.15, 0.2) is 11.6 Å². The number of hydrogen-bond donors (Lipinski definition) is 1. The Bertz CT molecular complexity index is 493. The summed E-state index contributed by atoms with van der Waals surface area (Å²) in [6.45, 7) is -2.25. The molecule has 0 aliphatic heterocycles. The van der Waals surface area contributed by atoms with E-state index in [-0.39, 0.29) is 0 Å². The third-order valence-electron chi connectivity index (χ3n) is 1.77. The maximum Gasteiger partial charge on any atom is 0.387 e. The Kier molecular flexibility index (Phi) is 4.08. The van der Waals surface area contributed by atoms with Crippen LogP contribution >= 0.6 is 0 Å². The number of rotatable bonds is 4. The van der Waals surface area contributed by atoms with Gasteiger partial charge in [-0.1, -0.05) is 0 Å². The summed E-state index contributed by atoms with van der Waals surface area (Å²) in [4.78, 5) is 20.4. The van der Waals surface area contributed by atoms with Crippen molar-refractivity contribution in [2.24, 2.45) is 0 Å². The summed E-state index contributed by atoms with van der Waals surface area (Å²) in [6.07, 6.45) is 0. The van der Waals surface area contributed by atoms with Gasteiger partial charge in [0.25, 0.3) is 5.69 Å². The second-order valence-corrected chi connectivity index (χ2v) is 3.12. The highest BCUT2D eigenvalue weighted by Gasteiger charge is 2.21. The molecular weight excluding hydrogens is 257 g/mol. The third-order valence-corrected chi connectivity index (χ3v) is 1.77. The summed E-state index contributed by atoms with van der Waals surface area (Å²) < 4.78 is 40.9. The number of halogens is 3. The molecular formula is C9H7F3N2O4. The molecule has 0 aliphatic carbocycles. The molecule has 0 saturated carbocycles. The fraction of sp³-hybridized carbons (Fsp3) is 0.222. The first-order valence-corrected chi connectivity index (χ1v) is 4.51. The van der Waals surface area contributed by atoms with Gasteiger partial charge < -0.3 is 10.1 Å². The zero-order valence-electron chi connectivity index (χ0n) is 8.95. The highest BCUT2D eigenvalue weighted by atomic mass is 19.3. The van der Waals surface area contributed by atoms with Crippen molar-refractivity contribution < 1.29 is 27.6 Å². The zero-order chi connectivity index (χ0) is 13.9. The van der Waals surface area contributed by atoms with Gasteiger partial charge in [0, 0.05) is 13.0 Å². The molecule has 98 valence electrons. The molecule has 1 amide bonds. The van der Waals surface area contributed by atoms with Crippen molar-refractivity contribution in [1.82, 2.24) is 0 Å². The normalized spacial score (nSPS) is 10.3. The lowest BCUT2D eigenvalue weighted by molar-refractivity contribution is -0.384. The van der Waals surface area contributed by atoms with Crippen LogP contribution in [0.15, 0.2) is 12.1 Å². The number of nitrogens with one attached hydrogen (secondary N) is 1. The van der Waals surface area contributed by atoms with Crippen LogP contribution in [0.3, 0.4) is 0 Å². The SMILES string of the molecule is CC(=O)Nc1cc(F)c(OC(F)F)cc1[N+](=O)[O-]. The van der Waals surface area contributed by atoms with Gasteiger partial charge in [-0.2, -0.15) is 8.78 Å². The largest absolute Gasteiger partial charge is 0.431 e. The molecule has 1 rings (SSSR count). The Morgan fingerprint density at radius 3 is 2.56 bits per heavy atom. The standard InChI is InChI=1S/C9H7F3N2O4/c1-4(15)13-6-2-5(10)8(18-9(11)12)3-7(6)14(16)17/h2-3,9H,1H3,(H,13,15). The number of alkyl halides is 2. The molecule has 0 bridgehead atoms. The van der Waals surface area contributed by atoms with Gasteiger partial charge in [0.1, 0.15) is 5.69 Å². The van der Waals surface area contributed by atoms with Crippen molar-refractivity contribution in [2.75, 3.05) is 5.32 Å². The zero-order valence-corrected chi connectivity index (χ0v) is 8.95. The monoisotopic (exact) mass is 264 g/mol. The van der Waals surface area contributed by atoms with E-state index in [0.29, 0.717) is 12.1 Å². The average Bonchev–Trinajstić information content (AvgIpc) is 2.19. The average molecular weight is 264 g/mol. The molecule has 0 atom stereocenters. The van der Waals surface area contributed by atoms with Crippen LogP contribution in [0.25, 0.3) is 0 Å². The second-order valence-electron chi connectivity index (χ2n) is 3.12. The van der Waals surface area contributed by atoms with Crippen LogP contribution < -0.4 is 10.1 Å². The molecule has 6 nitrogen and oxygen atoms in total. The van der Waals surface area contributed by atoms with E-state index in [1.807, 2.05) is 5.32 Å². The van der Waals surface area contributed by atoms with Crippen molar-refractivity contribution in [1.29, 1.82) is 0 Å². The van der Waals surface area contributed by atoms with Crippen LogP contribution in [-0.4, -0.2) is 17.4 Å². The Hall–Kier alpha value is -2.32. The van der Waals surface area contributed by atoms with Crippen molar-refractivity contribution in [3.8, 4) is 5.75 Å². The number of amides is 1. The van der Waals surface area contributed by atoms with E-state index < -0.39 is 40.4 Å². The van der Waals surface area contributed by atoms with Crippen LogP contribution in [-0.2, 0) is 4.79 Å². The van der Waals surface area contributed by atoms with Crippen molar-refractivity contribution in [3.05, 3.63) is 28.1 Å². The van der Waals surface area contributed by atoms with Gasteiger partial charge in [0.2, 0.25) is 5.91 Å². The van der Waals surface area contributed by atoms with Gasteiger partial charge in [-0.25, -0.2) is 4.39 Å². The van der Waals surface area contributed by atoms with Crippen molar-refractivity contribution in [2.45, 2.75) is 13.5 Å². The summed E-state index contributed by atoms with van der Waals surface area (Å²) in [5.74, 6) is -2.88. The smallest absolute Gasteiger partial charge is 0.387 e. The van der Waals surface area contributed by atoms with E-state index in [1.165, 1.54) is 0 Å². The van der Waals surface area contributed by atoms with E-state index in [0.717, 1.165) is 6.92 Å². The third kappa shape index (κ3) is 3.34. The maximum atomic E-state index is 13.3. The van der Waals surface area contributed by atoms with Crippen LogP contribution in [0, 0.1) is 15.9 Å². The summed E-state index contributed by atoms with van der Waals surface area (Å²) in [5.41, 5.74) is -1.19. The number of carbonyl (C=O) groups excluding carboxylic acids is 1. The molecule has 0 unspecified atom stereocenters. The van der Waals surface area contributed by atoms with Crippen LogP contribution in [0.4, 0.5) is 24.5 Å². The molecule has 1 aromatic rings. The Labute approximate surface area is 98.5 Å². The predicted molar refractivity (Wildman–Crippen MR) is 54.0 cm³/mol. The Morgan fingerprint density at radius 2 is 2.11 bits per heavy atom. The van der Waals surface area contributed by atoms with E-state index >= 15 is 0 Å². The number of ether oxygens (including phenoxy) is 1. The number of carbonyl (C=O) groups is 1. The number of nitro groups is 1. The minimum absolute atomic E-state index is 0.438. The summed E-state index contributed by atoms with van der Waals surface area (Å²) in [5, 5.41) is 12.7. The fourth-order valence-corrected chi connectivity index (χ4v) is 1.17.